The van der Waals surface area contributed by atoms with Crippen molar-refractivity contribution in [3.63, 3.8) is 0 Å². The first-order valence-corrected chi connectivity index (χ1v) is 8.44. The molecule has 1 fully saturated rings. The van der Waals surface area contributed by atoms with Gasteiger partial charge in [-0.1, -0.05) is 0 Å². The number of rotatable bonds is 4. The van der Waals surface area contributed by atoms with E-state index in [9.17, 15) is 0 Å². The Labute approximate surface area is 141 Å². The Balaban J connectivity index is 1.91. The third-order valence-electron chi connectivity index (χ3n) is 4.45. The molecule has 0 unspecified atom stereocenters. The minimum absolute atomic E-state index is 0.581. The Bertz CT molecular complexity index is 867. The number of fused-ring (bicyclic) bond motifs is 1. The molecule has 0 N–H and O–H groups in total. The van der Waals surface area contributed by atoms with Crippen LogP contribution in [-0.2, 0) is 7.05 Å². The number of aryl methyl sites for hydroxylation is 1. The lowest BCUT2D eigenvalue weighted by molar-refractivity contribution is 0.328. The van der Waals surface area contributed by atoms with E-state index in [0.717, 1.165) is 35.4 Å². The van der Waals surface area contributed by atoms with E-state index in [2.05, 4.69) is 21.0 Å². The molecule has 124 valence electrons. The molecule has 4 heterocycles. The van der Waals surface area contributed by atoms with E-state index >= 15 is 0 Å². The first-order valence-electron chi connectivity index (χ1n) is 8.44. The molecule has 0 amide bonds. The fraction of sp³-hybridized carbons (Fsp3) is 0.389. The average Bonchev–Trinajstić information content (AvgIpc) is 3.25. The summed E-state index contributed by atoms with van der Waals surface area (Å²) in [7, 11) is 1.97. The molecule has 4 rings (SSSR count). The second-order valence-electron chi connectivity index (χ2n) is 6.01. The third kappa shape index (κ3) is 2.48. The second-order valence-corrected chi connectivity index (χ2v) is 6.01. The number of aromatic nitrogens is 4. The zero-order valence-electron chi connectivity index (χ0n) is 14.1. The summed E-state index contributed by atoms with van der Waals surface area (Å²) in [6, 6.07) is 6.08. The first kappa shape index (κ1) is 14.9. The molecule has 3 aromatic heterocycles. The van der Waals surface area contributed by atoms with Gasteiger partial charge in [0.1, 0.15) is 11.0 Å². The van der Waals surface area contributed by atoms with Crippen LogP contribution in [0.15, 0.2) is 30.6 Å². The van der Waals surface area contributed by atoms with Gasteiger partial charge in [0.05, 0.1) is 29.7 Å². The van der Waals surface area contributed by atoms with Gasteiger partial charge in [0.15, 0.2) is 0 Å². The van der Waals surface area contributed by atoms with E-state index < -0.39 is 0 Å². The first-order chi connectivity index (χ1) is 11.8. The molecule has 1 saturated heterocycles. The van der Waals surface area contributed by atoms with Crippen LogP contribution in [0.3, 0.4) is 0 Å². The summed E-state index contributed by atoms with van der Waals surface area (Å²) in [4.78, 5) is 11.6. The number of pyridine rings is 2. The van der Waals surface area contributed by atoms with E-state index in [4.69, 9.17) is 9.72 Å². The monoisotopic (exact) mass is 323 g/mol. The number of ether oxygens (including phenoxy) is 1. The third-order valence-corrected chi connectivity index (χ3v) is 4.45. The highest BCUT2D eigenvalue weighted by molar-refractivity contribution is 5.91. The van der Waals surface area contributed by atoms with Gasteiger partial charge in [-0.2, -0.15) is 5.10 Å². The van der Waals surface area contributed by atoms with Gasteiger partial charge in [-0.15, -0.1) is 0 Å². The summed E-state index contributed by atoms with van der Waals surface area (Å²) in [5.41, 5.74) is 4.99. The topological polar surface area (TPSA) is 56.1 Å². The summed E-state index contributed by atoms with van der Waals surface area (Å²) in [6.45, 7) is 4.70. The van der Waals surface area contributed by atoms with Gasteiger partial charge in [0.25, 0.3) is 0 Å². The molecular weight excluding hydrogens is 302 g/mol. The molecule has 1 aliphatic rings. The quantitative estimate of drug-likeness (QED) is 0.739. The maximum atomic E-state index is 5.69. The van der Waals surface area contributed by atoms with Gasteiger partial charge in [0, 0.05) is 26.3 Å². The predicted octanol–water partition coefficient (Wildman–Crippen LogP) is 3.03. The Morgan fingerprint density at radius 3 is 2.88 bits per heavy atom. The van der Waals surface area contributed by atoms with Crippen LogP contribution in [0.25, 0.3) is 22.3 Å². The number of anilines is 1. The molecule has 0 atom stereocenters. The Hall–Kier alpha value is -2.63. The number of nitrogens with zero attached hydrogens (tertiary/aromatic N) is 5. The Kier molecular flexibility index (Phi) is 3.80. The summed E-state index contributed by atoms with van der Waals surface area (Å²) in [6.07, 6.45) is 6.04. The molecule has 6 nitrogen and oxygen atoms in total. The summed E-state index contributed by atoms with van der Waals surface area (Å²) < 4.78 is 7.60. The van der Waals surface area contributed by atoms with Crippen molar-refractivity contribution in [2.24, 2.45) is 7.05 Å². The van der Waals surface area contributed by atoms with Crippen molar-refractivity contribution >= 4 is 16.7 Å². The largest absolute Gasteiger partial charge is 0.477 e. The van der Waals surface area contributed by atoms with Crippen LogP contribution in [0, 0.1) is 0 Å². The highest BCUT2D eigenvalue weighted by atomic mass is 16.5. The summed E-state index contributed by atoms with van der Waals surface area (Å²) >= 11 is 0. The van der Waals surface area contributed by atoms with Crippen molar-refractivity contribution in [1.29, 1.82) is 0 Å². The molecule has 0 spiro atoms. The van der Waals surface area contributed by atoms with Crippen molar-refractivity contribution in [1.82, 2.24) is 19.7 Å². The smallest absolute Gasteiger partial charge is 0.222 e. The lowest BCUT2D eigenvalue weighted by atomic mass is 10.1. The van der Waals surface area contributed by atoms with Crippen molar-refractivity contribution < 1.29 is 4.74 Å². The Morgan fingerprint density at radius 1 is 1.25 bits per heavy atom. The van der Waals surface area contributed by atoms with Gasteiger partial charge in [-0.05, 0) is 38.0 Å². The number of hydrogen-bond acceptors (Lipinski definition) is 5. The molecule has 1 aliphatic heterocycles. The summed E-state index contributed by atoms with van der Waals surface area (Å²) in [5.74, 6) is 0.628. The molecule has 0 aromatic carbocycles. The van der Waals surface area contributed by atoms with Gasteiger partial charge < -0.3 is 9.64 Å². The van der Waals surface area contributed by atoms with Crippen molar-refractivity contribution in [3.05, 3.63) is 30.6 Å². The van der Waals surface area contributed by atoms with E-state index in [-0.39, 0.29) is 0 Å². The van der Waals surface area contributed by atoms with E-state index in [0.29, 0.717) is 12.5 Å². The zero-order chi connectivity index (χ0) is 16.5. The van der Waals surface area contributed by atoms with Gasteiger partial charge >= 0.3 is 0 Å². The molecule has 0 radical (unpaired) electrons. The molecular formula is C18H21N5O. The average molecular weight is 323 g/mol. The van der Waals surface area contributed by atoms with Crippen LogP contribution in [0.1, 0.15) is 19.8 Å². The second kappa shape index (κ2) is 6.11. The van der Waals surface area contributed by atoms with Crippen LogP contribution in [0.5, 0.6) is 5.88 Å². The molecule has 0 saturated carbocycles. The van der Waals surface area contributed by atoms with E-state index in [1.54, 1.807) is 6.20 Å². The van der Waals surface area contributed by atoms with E-state index in [1.807, 2.05) is 37.0 Å². The molecule has 0 bridgehead atoms. The molecule has 3 aromatic rings. The predicted molar refractivity (Wildman–Crippen MR) is 94.4 cm³/mol. The van der Waals surface area contributed by atoms with Crippen LogP contribution in [0.2, 0.25) is 0 Å². The van der Waals surface area contributed by atoms with Crippen molar-refractivity contribution in [3.8, 4) is 17.1 Å². The maximum absolute atomic E-state index is 5.69. The maximum Gasteiger partial charge on any atom is 0.222 e. The van der Waals surface area contributed by atoms with Crippen molar-refractivity contribution in [2.75, 3.05) is 24.6 Å². The molecule has 0 aliphatic carbocycles. The lowest BCUT2D eigenvalue weighted by Crippen LogP contribution is -2.19. The van der Waals surface area contributed by atoms with Gasteiger partial charge in [0.2, 0.25) is 5.88 Å². The fourth-order valence-electron chi connectivity index (χ4n) is 3.34. The normalized spacial score (nSPS) is 14.5. The zero-order valence-corrected chi connectivity index (χ0v) is 14.1. The van der Waals surface area contributed by atoms with Gasteiger partial charge in [-0.25, -0.2) is 9.97 Å². The van der Waals surface area contributed by atoms with Crippen LogP contribution < -0.4 is 9.64 Å². The molecule has 6 heteroatoms. The highest BCUT2D eigenvalue weighted by Gasteiger charge is 2.20. The van der Waals surface area contributed by atoms with Crippen LogP contribution in [-0.4, -0.2) is 39.4 Å². The lowest BCUT2D eigenvalue weighted by Gasteiger charge is -2.20. The number of hydrogen-bond donors (Lipinski definition) is 0. The molecule has 24 heavy (non-hydrogen) atoms. The fourth-order valence-corrected chi connectivity index (χ4v) is 3.34. The minimum atomic E-state index is 0.581. The van der Waals surface area contributed by atoms with Crippen LogP contribution >= 0.6 is 0 Å². The minimum Gasteiger partial charge on any atom is -0.477 e. The van der Waals surface area contributed by atoms with Crippen LogP contribution in [0.4, 0.5) is 5.69 Å². The highest BCUT2D eigenvalue weighted by Crippen LogP contribution is 2.34. The standard InChI is InChI=1S/C18H21N5O/c1-3-24-18-13(7-6-8-19-18)14-11-16(23-9-4-5-10-23)17-15(21-14)12-20-22(17)2/h6-8,11-12H,3-5,9-10H2,1-2H3. The Morgan fingerprint density at radius 2 is 2.08 bits per heavy atom. The van der Waals surface area contributed by atoms with E-state index in [1.165, 1.54) is 18.5 Å². The van der Waals surface area contributed by atoms with Gasteiger partial charge in [-0.3, -0.25) is 4.68 Å². The van der Waals surface area contributed by atoms with Crippen molar-refractivity contribution in [2.45, 2.75) is 19.8 Å². The SMILES string of the molecule is CCOc1ncccc1-c1cc(N2CCCC2)c2c(cnn2C)n1. The summed E-state index contributed by atoms with van der Waals surface area (Å²) in [5, 5.41) is 4.40.